The third kappa shape index (κ3) is 3.09. The Hall–Kier alpha value is -0.260. The molecule has 0 radical (unpaired) electrons. The summed E-state index contributed by atoms with van der Waals surface area (Å²) in [5.41, 5.74) is 1.82. The molecule has 0 heterocycles. The first kappa shape index (κ1) is 15.1. The Labute approximate surface area is 135 Å². The van der Waals surface area contributed by atoms with E-state index in [1.54, 1.807) is 0 Å². The first-order valence-corrected chi connectivity index (χ1v) is 7.95. The van der Waals surface area contributed by atoms with Crippen molar-refractivity contribution < 1.29 is 8.78 Å². The molecule has 0 aromatic heterocycles. The van der Waals surface area contributed by atoms with Gasteiger partial charge in [0, 0.05) is 14.5 Å². The van der Waals surface area contributed by atoms with Crippen molar-refractivity contribution >= 4 is 47.8 Å². The standard InChI is InChI=1S/C14H9Br3F2/c1-7-5-10(16)8(6-9(7)15)14(17)13-11(18)3-2-4-12(13)19/h2-6,14H,1H3. The summed E-state index contributed by atoms with van der Waals surface area (Å²) in [7, 11) is 0. The van der Waals surface area contributed by atoms with Gasteiger partial charge in [0.1, 0.15) is 11.6 Å². The molecule has 5 heteroatoms. The molecule has 0 aliphatic rings. The van der Waals surface area contributed by atoms with Gasteiger partial charge >= 0.3 is 0 Å². The van der Waals surface area contributed by atoms with E-state index in [1.807, 2.05) is 19.1 Å². The van der Waals surface area contributed by atoms with Crippen molar-refractivity contribution in [1.29, 1.82) is 0 Å². The second kappa shape index (κ2) is 6.02. The van der Waals surface area contributed by atoms with Crippen LogP contribution in [0.15, 0.2) is 39.3 Å². The fraction of sp³-hybridized carbons (Fsp3) is 0.143. The Morgan fingerprint density at radius 3 is 2.16 bits per heavy atom. The maximum absolute atomic E-state index is 13.8. The van der Waals surface area contributed by atoms with Crippen LogP contribution in [0.3, 0.4) is 0 Å². The lowest BCUT2D eigenvalue weighted by Crippen LogP contribution is -2.01. The summed E-state index contributed by atoms with van der Waals surface area (Å²) in [6, 6.07) is 7.62. The van der Waals surface area contributed by atoms with Crippen LogP contribution in [0.25, 0.3) is 0 Å². The van der Waals surface area contributed by atoms with Gasteiger partial charge in [-0.2, -0.15) is 0 Å². The van der Waals surface area contributed by atoms with E-state index < -0.39 is 16.5 Å². The Morgan fingerprint density at radius 2 is 1.58 bits per heavy atom. The van der Waals surface area contributed by atoms with Crippen LogP contribution in [-0.4, -0.2) is 0 Å². The average molecular weight is 455 g/mol. The van der Waals surface area contributed by atoms with Gasteiger partial charge in [-0.15, -0.1) is 0 Å². The van der Waals surface area contributed by atoms with Gasteiger partial charge in [0.15, 0.2) is 0 Å². The number of aryl methyl sites for hydroxylation is 1. The maximum Gasteiger partial charge on any atom is 0.130 e. The van der Waals surface area contributed by atoms with Gasteiger partial charge in [0.2, 0.25) is 0 Å². The van der Waals surface area contributed by atoms with E-state index in [9.17, 15) is 8.78 Å². The summed E-state index contributed by atoms with van der Waals surface area (Å²) in [6.45, 7) is 1.95. The molecule has 0 saturated carbocycles. The Balaban J connectivity index is 2.56. The average Bonchev–Trinajstić information content (AvgIpc) is 2.33. The van der Waals surface area contributed by atoms with Crippen molar-refractivity contribution in [3.8, 4) is 0 Å². The molecule has 0 nitrogen and oxygen atoms in total. The molecule has 1 unspecified atom stereocenters. The Kier molecular flexibility index (Phi) is 4.79. The highest BCUT2D eigenvalue weighted by Crippen LogP contribution is 2.39. The van der Waals surface area contributed by atoms with Crippen LogP contribution in [0.4, 0.5) is 8.78 Å². The van der Waals surface area contributed by atoms with Crippen molar-refractivity contribution in [3.63, 3.8) is 0 Å². The number of alkyl halides is 1. The highest BCUT2D eigenvalue weighted by atomic mass is 79.9. The van der Waals surface area contributed by atoms with Crippen LogP contribution >= 0.6 is 47.8 Å². The van der Waals surface area contributed by atoms with E-state index in [2.05, 4.69) is 47.8 Å². The van der Waals surface area contributed by atoms with Gasteiger partial charge in [0.25, 0.3) is 0 Å². The second-order valence-electron chi connectivity index (χ2n) is 4.12. The molecule has 0 spiro atoms. The summed E-state index contributed by atoms with van der Waals surface area (Å²) < 4.78 is 29.3. The van der Waals surface area contributed by atoms with E-state index in [-0.39, 0.29) is 5.56 Å². The first-order valence-electron chi connectivity index (χ1n) is 5.45. The lowest BCUT2D eigenvalue weighted by Gasteiger charge is -2.16. The number of halogens is 5. The quantitative estimate of drug-likeness (QED) is 0.468. The highest BCUT2D eigenvalue weighted by molar-refractivity contribution is 9.11. The van der Waals surface area contributed by atoms with Gasteiger partial charge < -0.3 is 0 Å². The Bertz CT molecular complexity index is 606. The fourth-order valence-corrected chi connectivity index (χ4v) is 3.94. The van der Waals surface area contributed by atoms with Crippen LogP contribution in [-0.2, 0) is 0 Å². The monoisotopic (exact) mass is 452 g/mol. The maximum atomic E-state index is 13.8. The predicted octanol–water partition coefficient (Wildman–Crippen LogP) is 6.28. The van der Waals surface area contributed by atoms with Gasteiger partial charge in [-0.25, -0.2) is 8.78 Å². The summed E-state index contributed by atoms with van der Waals surface area (Å²) in [4.78, 5) is -0.556. The molecule has 2 aromatic carbocycles. The number of rotatable bonds is 2. The minimum atomic E-state index is -0.564. The topological polar surface area (TPSA) is 0 Å². The molecule has 0 aliphatic carbocycles. The van der Waals surface area contributed by atoms with Gasteiger partial charge in [-0.05, 0) is 42.3 Å². The van der Waals surface area contributed by atoms with E-state index in [4.69, 9.17) is 0 Å². The van der Waals surface area contributed by atoms with Crippen molar-refractivity contribution in [2.24, 2.45) is 0 Å². The fourth-order valence-electron chi connectivity index (χ4n) is 1.76. The molecule has 19 heavy (non-hydrogen) atoms. The van der Waals surface area contributed by atoms with Crippen molar-refractivity contribution in [2.45, 2.75) is 11.8 Å². The van der Waals surface area contributed by atoms with Gasteiger partial charge in [-0.3, -0.25) is 0 Å². The van der Waals surface area contributed by atoms with Gasteiger partial charge in [0.05, 0.1) is 4.83 Å². The lowest BCUT2D eigenvalue weighted by molar-refractivity contribution is 0.560. The molecule has 0 fully saturated rings. The molecule has 0 N–H and O–H groups in total. The molecular formula is C14H9Br3F2. The van der Waals surface area contributed by atoms with Crippen LogP contribution < -0.4 is 0 Å². The minimum absolute atomic E-state index is 0.0129. The molecule has 0 bridgehead atoms. The molecule has 100 valence electrons. The number of benzene rings is 2. The van der Waals surface area contributed by atoms with Crippen molar-refractivity contribution in [2.75, 3.05) is 0 Å². The second-order valence-corrected chi connectivity index (χ2v) is 6.75. The van der Waals surface area contributed by atoms with E-state index >= 15 is 0 Å². The molecule has 2 rings (SSSR count). The smallest absolute Gasteiger partial charge is 0.130 e. The zero-order valence-electron chi connectivity index (χ0n) is 9.85. The first-order chi connectivity index (χ1) is 8.91. The minimum Gasteiger partial charge on any atom is -0.207 e. The third-order valence-corrected chi connectivity index (χ3v) is 5.30. The Morgan fingerprint density at radius 1 is 1.00 bits per heavy atom. The summed E-state index contributed by atoms with van der Waals surface area (Å²) in [5.74, 6) is -1.13. The molecular weight excluding hydrogens is 446 g/mol. The highest BCUT2D eigenvalue weighted by Gasteiger charge is 2.21. The SMILES string of the molecule is Cc1cc(Br)c(C(Br)c2c(F)cccc2F)cc1Br. The lowest BCUT2D eigenvalue weighted by atomic mass is 10.0. The van der Waals surface area contributed by atoms with Crippen LogP contribution in [0, 0.1) is 18.6 Å². The summed E-state index contributed by atoms with van der Waals surface area (Å²) in [5, 5.41) is 0. The third-order valence-electron chi connectivity index (χ3n) is 2.80. The van der Waals surface area contributed by atoms with Crippen molar-refractivity contribution in [1.82, 2.24) is 0 Å². The summed E-state index contributed by atoms with van der Waals surface area (Å²) in [6.07, 6.45) is 0. The van der Waals surface area contributed by atoms with Crippen LogP contribution in [0.2, 0.25) is 0 Å². The zero-order valence-corrected chi connectivity index (χ0v) is 14.6. The van der Waals surface area contributed by atoms with Crippen LogP contribution in [0.1, 0.15) is 21.5 Å². The number of hydrogen-bond donors (Lipinski definition) is 0. The van der Waals surface area contributed by atoms with Crippen molar-refractivity contribution in [3.05, 3.63) is 67.6 Å². The largest absolute Gasteiger partial charge is 0.207 e. The number of hydrogen-bond acceptors (Lipinski definition) is 0. The molecule has 0 saturated heterocycles. The van der Waals surface area contributed by atoms with Crippen LogP contribution in [0.5, 0.6) is 0 Å². The molecule has 0 aliphatic heterocycles. The molecule has 2 aromatic rings. The van der Waals surface area contributed by atoms with E-state index in [0.717, 1.165) is 20.1 Å². The normalized spacial score (nSPS) is 12.5. The predicted molar refractivity (Wildman–Crippen MR) is 83.7 cm³/mol. The summed E-state index contributed by atoms with van der Waals surface area (Å²) >= 11 is 10.2. The molecule has 0 amide bonds. The zero-order chi connectivity index (χ0) is 14.2. The van der Waals surface area contributed by atoms with Gasteiger partial charge in [-0.1, -0.05) is 53.9 Å². The van der Waals surface area contributed by atoms with E-state index in [0.29, 0.717) is 0 Å². The molecule has 1 atom stereocenters. The van der Waals surface area contributed by atoms with E-state index in [1.165, 1.54) is 18.2 Å².